The highest BCUT2D eigenvalue weighted by Crippen LogP contribution is 2.29. The molecule has 4 atom stereocenters. The SMILES string of the molecule is CC[C@@H](C[C@@H](NC(=O)C1CCC(C(F)(F)F)NC1=O)c1ccc(C)cc1)OC. The maximum atomic E-state index is 12.8. The average molecular weight is 400 g/mol. The number of nitrogens with one attached hydrogen (secondary N) is 2. The molecule has 156 valence electrons. The van der Waals surface area contributed by atoms with Gasteiger partial charge in [0.05, 0.1) is 12.1 Å². The number of alkyl halides is 3. The van der Waals surface area contributed by atoms with Gasteiger partial charge in [-0.15, -0.1) is 0 Å². The van der Waals surface area contributed by atoms with Gasteiger partial charge in [0.2, 0.25) is 11.8 Å². The van der Waals surface area contributed by atoms with Crippen LogP contribution in [-0.2, 0) is 14.3 Å². The van der Waals surface area contributed by atoms with Crippen molar-refractivity contribution in [2.45, 2.75) is 63.9 Å². The Morgan fingerprint density at radius 3 is 2.43 bits per heavy atom. The Balaban J connectivity index is 2.11. The molecule has 1 aliphatic rings. The molecule has 5 nitrogen and oxygen atoms in total. The molecule has 8 heteroatoms. The Morgan fingerprint density at radius 1 is 1.29 bits per heavy atom. The highest BCUT2D eigenvalue weighted by molar-refractivity contribution is 6.01. The molecule has 1 fully saturated rings. The van der Waals surface area contributed by atoms with Crippen molar-refractivity contribution >= 4 is 11.8 Å². The zero-order valence-corrected chi connectivity index (χ0v) is 16.3. The highest BCUT2D eigenvalue weighted by Gasteiger charge is 2.46. The third-order valence-electron chi connectivity index (χ3n) is 5.17. The molecule has 2 N–H and O–H groups in total. The Bertz CT molecular complexity index is 672. The number of ether oxygens (including phenoxy) is 1. The normalized spacial score (nSPS) is 22.3. The Kier molecular flexibility index (Phi) is 7.46. The zero-order valence-electron chi connectivity index (χ0n) is 16.3. The third-order valence-corrected chi connectivity index (χ3v) is 5.17. The van der Waals surface area contributed by atoms with E-state index in [2.05, 4.69) is 5.32 Å². The molecular formula is C20H27F3N2O3. The van der Waals surface area contributed by atoms with E-state index in [0.717, 1.165) is 17.5 Å². The molecule has 2 amide bonds. The Labute approximate surface area is 163 Å². The number of piperidine rings is 1. The number of halogens is 3. The molecule has 0 bridgehead atoms. The molecule has 0 saturated carbocycles. The number of amides is 2. The fourth-order valence-corrected chi connectivity index (χ4v) is 3.35. The fraction of sp³-hybridized carbons (Fsp3) is 0.600. The van der Waals surface area contributed by atoms with Gasteiger partial charge < -0.3 is 15.4 Å². The van der Waals surface area contributed by atoms with E-state index in [9.17, 15) is 22.8 Å². The van der Waals surface area contributed by atoms with Crippen molar-refractivity contribution in [2.75, 3.05) is 7.11 Å². The summed E-state index contributed by atoms with van der Waals surface area (Å²) in [7, 11) is 1.59. The van der Waals surface area contributed by atoms with Crippen molar-refractivity contribution < 1.29 is 27.5 Å². The first kappa shape index (κ1) is 22.2. The zero-order chi connectivity index (χ0) is 20.9. The lowest BCUT2D eigenvalue weighted by atomic mass is 9.91. The molecule has 0 aromatic heterocycles. The van der Waals surface area contributed by atoms with Gasteiger partial charge >= 0.3 is 6.18 Å². The predicted molar refractivity (Wildman–Crippen MR) is 98.5 cm³/mol. The summed E-state index contributed by atoms with van der Waals surface area (Å²) in [5, 5.41) is 4.77. The number of hydrogen-bond acceptors (Lipinski definition) is 3. The minimum Gasteiger partial charge on any atom is -0.381 e. The summed E-state index contributed by atoms with van der Waals surface area (Å²) >= 11 is 0. The second-order valence-corrected chi connectivity index (χ2v) is 7.21. The van der Waals surface area contributed by atoms with Crippen LogP contribution < -0.4 is 10.6 Å². The van der Waals surface area contributed by atoms with Crippen molar-refractivity contribution in [2.24, 2.45) is 5.92 Å². The van der Waals surface area contributed by atoms with Crippen LogP contribution in [0.5, 0.6) is 0 Å². The van der Waals surface area contributed by atoms with Gasteiger partial charge in [-0.2, -0.15) is 13.2 Å². The molecule has 0 aliphatic carbocycles. The summed E-state index contributed by atoms with van der Waals surface area (Å²) in [4.78, 5) is 24.8. The van der Waals surface area contributed by atoms with Crippen LogP contribution >= 0.6 is 0 Å². The van der Waals surface area contributed by atoms with Crippen molar-refractivity contribution in [1.82, 2.24) is 10.6 Å². The Morgan fingerprint density at radius 2 is 1.93 bits per heavy atom. The number of carbonyl (C=O) groups is 2. The Hall–Kier alpha value is -2.09. The van der Waals surface area contributed by atoms with Crippen LogP contribution in [-0.4, -0.2) is 37.2 Å². The van der Waals surface area contributed by atoms with Gasteiger partial charge in [-0.3, -0.25) is 9.59 Å². The quantitative estimate of drug-likeness (QED) is 0.689. The van der Waals surface area contributed by atoms with E-state index in [1.54, 1.807) is 7.11 Å². The van der Waals surface area contributed by atoms with Gasteiger partial charge in [0, 0.05) is 7.11 Å². The lowest BCUT2D eigenvalue weighted by molar-refractivity contribution is -0.171. The van der Waals surface area contributed by atoms with Crippen LogP contribution in [0.3, 0.4) is 0 Å². The van der Waals surface area contributed by atoms with Gasteiger partial charge in [0.1, 0.15) is 12.0 Å². The van der Waals surface area contributed by atoms with E-state index >= 15 is 0 Å². The number of methoxy groups -OCH3 is 1. The monoisotopic (exact) mass is 400 g/mol. The molecule has 1 heterocycles. The van der Waals surface area contributed by atoms with Gasteiger partial charge in [-0.05, 0) is 38.2 Å². The van der Waals surface area contributed by atoms with Crippen molar-refractivity contribution in [1.29, 1.82) is 0 Å². The number of benzene rings is 1. The van der Waals surface area contributed by atoms with E-state index in [1.165, 1.54) is 0 Å². The van der Waals surface area contributed by atoms with Crippen molar-refractivity contribution in [3.05, 3.63) is 35.4 Å². The average Bonchev–Trinajstić information content (AvgIpc) is 2.64. The molecular weight excluding hydrogens is 373 g/mol. The number of rotatable bonds is 7. The number of aryl methyl sites for hydroxylation is 1. The van der Waals surface area contributed by atoms with Crippen LogP contribution in [0.15, 0.2) is 24.3 Å². The van der Waals surface area contributed by atoms with E-state index in [4.69, 9.17) is 4.74 Å². The summed E-state index contributed by atoms with van der Waals surface area (Å²) in [6.07, 6.45) is -3.80. The second-order valence-electron chi connectivity index (χ2n) is 7.21. The topological polar surface area (TPSA) is 67.4 Å². The number of hydrogen-bond donors (Lipinski definition) is 2. The minimum atomic E-state index is -4.51. The van der Waals surface area contributed by atoms with Gasteiger partial charge in [0.25, 0.3) is 0 Å². The molecule has 0 radical (unpaired) electrons. The van der Waals surface area contributed by atoms with Crippen LogP contribution in [0.4, 0.5) is 13.2 Å². The minimum absolute atomic E-state index is 0.0959. The molecule has 0 spiro atoms. The lowest BCUT2D eigenvalue weighted by Gasteiger charge is -2.31. The molecule has 2 rings (SSSR count). The number of carbonyl (C=O) groups excluding carboxylic acids is 2. The maximum absolute atomic E-state index is 12.8. The first-order valence-electron chi connectivity index (χ1n) is 9.42. The predicted octanol–water partition coefficient (Wildman–Crippen LogP) is 3.42. The fourth-order valence-electron chi connectivity index (χ4n) is 3.35. The van der Waals surface area contributed by atoms with Gasteiger partial charge in [0.15, 0.2) is 0 Å². The summed E-state index contributed by atoms with van der Waals surface area (Å²) in [6, 6.07) is 5.33. The molecule has 1 aliphatic heterocycles. The van der Waals surface area contributed by atoms with Gasteiger partial charge in [-0.25, -0.2) is 0 Å². The summed E-state index contributed by atoms with van der Waals surface area (Å²) in [6.45, 7) is 3.92. The molecule has 1 saturated heterocycles. The highest BCUT2D eigenvalue weighted by atomic mass is 19.4. The van der Waals surface area contributed by atoms with E-state index in [-0.39, 0.29) is 18.9 Å². The lowest BCUT2D eigenvalue weighted by Crippen LogP contribution is -2.54. The molecule has 1 aromatic carbocycles. The standard InChI is InChI=1S/C20H27F3N2O3/c1-4-14(28-3)11-16(13-7-5-12(2)6-8-13)24-18(26)15-9-10-17(20(21,22)23)25-19(15)27/h5-8,14-17H,4,9-11H2,1-3H3,(H,24,26)(H,25,27)/t14-,15?,16+,17?/m0/s1. The largest absolute Gasteiger partial charge is 0.408 e. The smallest absolute Gasteiger partial charge is 0.381 e. The van der Waals surface area contributed by atoms with Crippen molar-refractivity contribution in [3.63, 3.8) is 0 Å². The van der Waals surface area contributed by atoms with Gasteiger partial charge in [-0.1, -0.05) is 36.8 Å². The van der Waals surface area contributed by atoms with E-state index in [1.807, 2.05) is 43.4 Å². The maximum Gasteiger partial charge on any atom is 0.408 e. The summed E-state index contributed by atoms with van der Waals surface area (Å²) in [5.41, 5.74) is 1.93. The van der Waals surface area contributed by atoms with Crippen LogP contribution in [0.2, 0.25) is 0 Å². The van der Waals surface area contributed by atoms with Crippen LogP contribution in [0.1, 0.15) is 49.8 Å². The van der Waals surface area contributed by atoms with Crippen LogP contribution in [0, 0.1) is 12.8 Å². The van der Waals surface area contributed by atoms with Crippen molar-refractivity contribution in [3.8, 4) is 0 Å². The second kappa shape index (κ2) is 9.41. The van der Waals surface area contributed by atoms with E-state index in [0.29, 0.717) is 6.42 Å². The first-order valence-corrected chi connectivity index (χ1v) is 9.42. The molecule has 2 unspecified atom stereocenters. The molecule has 1 aromatic rings. The first-order chi connectivity index (χ1) is 13.2. The summed E-state index contributed by atoms with van der Waals surface area (Å²) in [5.74, 6) is -2.57. The van der Waals surface area contributed by atoms with E-state index < -0.39 is 36.0 Å². The third kappa shape index (κ3) is 5.70. The summed E-state index contributed by atoms with van der Waals surface area (Å²) < 4.78 is 43.8. The molecule has 28 heavy (non-hydrogen) atoms. The van der Waals surface area contributed by atoms with Crippen LogP contribution in [0.25, 0.3) is 0 Å².